The van der Waals surface area contributed by atoms with Gasteiger partial charge in [-0.3, -0.25) is 0 Å². The van der Waals surface area contributed by atoms with Crippen LogP contribution in [0.2, 0.25) is 0 Å². The van der Waals surface area contributed by atoms with Crippen molar-refractivity contribution < 1.29 is 44.9 Å². The third-order valence-corrected chi connectivity index (χ3v) is 3.27. The van der Waals surface area contributed by atoms with E-state index in [1.54, 1.807) is 0 Å². The molecule has 9 nitrogen and oxygen atoms in total. The van der Waals surface area contributed by atoms with E-state index in [0.717, 1.165) is 18.2 Å². The first kappa shape index (κ1) is 16.5. The molecule has 1 fully saturated rings. The zero-order valence-electron chi connectivity index (χ0n) is 11.2. The van der Waals surface area contributed by atoms with E-state index in [4.69, 9.17) is 14.6 Å². The summed E-state index contributed by atoms with van der Waals surface area (Å²) in [4.78, 5) is 11.9. The standard InChI is InChI=1S/C13H16O9/c14-4-8-9(17)10(18)11(19)13(21-8)22-12(20)6-3-5(15)1-2-7(6)16/h1-3,8-11,13-19H,4H2. The van der Waals surface area contributed by atoms with Crippen molar-refractivity contribution in [1.82, 2.24) is 0 Å². The highest BCUT2D eigenvalue weighted by Crippen LogP contribution is 2.26. The van der Waals surface area contributed by atoms with Crippen molar-refractivity contribution >= 4 is 5.97 Å². The van der Waals surface area contributed by atoms with Crippen molar-refractivity contribution in [2.24, 2.45) is 0 Å². The van der Waals surface area contributed by atoms with Gasteiger partial charge in [-0.25, -0.2) is 4.79 Å². The first-order valence-corrected chi connectivity index (χ1v) is 6.38. The van der Waals surface area contributed by atoms with Crippen LogP contribution in [0.3, 0.4) is 0 Å². The second-order valence-corrected chi connectivity index (χ2v) is 4.80. The van der Waals surface area contributed by atoms with Crippen LogP contribution in [0.15, 0.2) is 18.2 Å². The van der Waals surface area contributed by atoms with Crippen LogP contribution in [0.1, 0.15) is 10.4 Å². The van der Waals surface area contributed by atoms with Gasteiger partial charge in [0.1, 0.15) is 41.5 Å². The smallest absolute Gasteiger partial charge is 0.344 e. The van der Waals surface area contributed by atoms with Crippen LogP contribution in [-0.4, -0.2) is 73.9 Å². The molecule has 0 radical (unpaired) electrons. The van der Waals surface area contributed by atoms with Gasteiger partial charge in [-0.1, -0.05) is 0 Å². The molecule has 6 N–H and O–H groups in total. The number of aliphatic hydroxyl groups is 4. The van der Waals surface area contributed by atoms with E-state index in [2.05, 4.69) is 0 Å². The third-order valence-electron chi connectivity index (χ3n) is 3.27. The number of hydrogen-bond donors (Lipinski definition) is 6. The predicted octanol–water partition coefficient (Wildman–Crippen LogP) is -1.95. The van der Waals surface area contributed by atoms with Crippen LogP contribution in [-0.2, 0) is 9.47 Å². The Balaban J connectivity index is 2.15. The maximum absolute atomic E-state index is 11.9. The van der Waals surface area contributed by atoms with Crippen molar-refractivity contribution in [2.45, 2.75) is 30.7 Å². The van der Waals surface area contributed by atoms with Crippen molar-refractivity contribution in [2.75, 3.05) is 6.61 Å². The molecular formula is C13H16O9. The van der Waals surface area contributed by atoms with Crippen LogP contribution in [0.5, 0.6) is 11.5 Å². The quantitative estimate of drug-likeness (QED) is 0.275. The van der Waals surface area contributed by atoms with Gasteiger partial charge in [0.25, 0.3) is 0 Å². The Morgan fingerprint density at radius 1 is 1.14 bits per heavy atom. The number of carbonyl (C=O) groups is 1. The molecule has 2 rings (SSSR count). The molecule has 5 unspecified atom stereocenters. The van der Waals surface area contributed by atoms with E-state index in [9.17, 15) is 30.3 Å². The van der Waals surface area contributed by atoms with Gasteiger partial charge >= 0.3 is 5.97 Å². The molecule has 1 aromatic carbocycles. The molecule has 1 aliphatic rings. The van der Waals surface area contributed by atoms with Crippen molar-refractivity contribution in [1.29, 1.82) is 0 Å². The number of benzene rings is 1. The Morgan fingerprint density at radius 2 is 1.82 bits per heavy atom. The van der Waals surface area contributed by atoms with E-state index < -0.39 is 49.0 Å². The number of aliphatic hydroxyl groups excluding tert-OH is 4. The predicted molar refractivity (Wildman–Crippen MR) is 69.0 cm³/mol. The van der Waals surface area contributed by atoms with Gasteiger partial charge < -0.3 is 40.1 Å². The van der Waals surface area contributed by atoms with Gasteiger partial charge in [0.05, 0.1) is 6.61 Å². The van der Waals surface area contributed by atoms with Crippen LogP contribution >= 0.6 is 0 Å². The zero-order chi connectivity index (χ0) is 16.4. The fourth-order valence-electron chi connectivity index (χ4n) is 2.02. The number of phenolic OH excluding ortho intramolecular Hbond substituents is 2. The van der Waals surface area contributed by atoms with Crippen molar-refractivity contribution in [3.63, 3.8) is 0 Å². The molecule has 5 atom stereocenters. The molecule has 9 heteroatoms. The van der Waals surface area contributed by atoms with Gasteiger partial charge in [-0.05, 0) is 18.2 Å². The molecule has 0 amide bonds. The number of carbonyl (C=O) groups excluding carboxylic acids is 1. The second kappa shape index (κ2) is 6.46. The van der Waals surface area contributed by atoms with Gasteiger partial charge in [0.2, 0.25) is 6.29 Å². The largest absolute Gasteiger partial charge is 0.508 e. The Kier molecular flexibility index (Phi) is 4.84. The zero-order valence-corrected chi connectivity index (χ0v) is 11.2. The summed E-state index contributed by atoms with van der Waals surface area (Å²) < 4.78 is 9.81. The fourth-order valence-corrected chi connectivity index (χ4v) is 2.02. The minimum absolute atomic E-state index is 0.293. The lowest BCUT2D eigenvalue weighted by Crippen LogP contribution is -2.59. The van der Waals surface area contributed by atoms with Crippen molar-refractivity contribution in [3.05, 3.63) is 23.8 Å². The summed E-state index contributed by atoms with van der Waals surface area (Å²) in [5, 5.41) is 56.8. The van der Waals surface area contributed by atoms with Crippen LogP contribution in [0, 0.1) is 0 Å². The van der Waals surface area contributed by atoms with Crippen LogP contribution < -0.4 is 0 Å². The summed E-state index contributed by atoms with van der Waals surface area (Å²) in [5.41, 5.74) is -0.378. The lowest BCUT2D eigenvalue weighted by molar-refractivity contribution is -0.285. The topological polar surface area (TPSA) is 157 Å². The Labute approximate surface area is 124 Å². The van der Waals surface area contributed by atoms with E-state index in [1.165, 1.54) is 0 Å². The molecular weight excluding hydrogens is 300 g/mol. The first-order chi connectivity index (χ1) is 10.3. The lowest BCUT2D eigenvalue weighted by Gasteiger charge is -2.39. The van der Waals surface area contributed by atoms with E-state index in [-0.39, 0.29) is 11.3 Å². The maximum atomic E-state index is 11.9. The number of aromatic hydroxyl groups is 2. The average Bonchev–Trinajstić information content (AvgIpc) is 2.50. The normalized spacial score (nSPS) is 31.7. The summed E-state index contributed by atoms with van der Waals surface area (Å²) >= 11 is 0. The molecule has 1 aliphatic heterocycles. The van der Waals surface area contributed by atoms with E-state index in [1.807, 2.05) is 0 Å². The number of rotatable bonds is 3. The molecule has 22 heavy (non-hydrogen) atoms. The molecule has 0 saturated carbocycles. The molecule has 1 aromatic rings. The Morgan fingerprint density at radius 3 is 2.45 bits per heavy atom. The van der Waals surface area contributed by atoms with Gasteiger partial charge in [-0.2, -0.15) is 0 Å². The maximum Gasteiger partial charge on any atom is 0.344 e. The first-order valence-electron chi connectivity index (χ1n) is 6.38. The van der Waals surface area contributed by atoms with Crippen LogP contribution in [0.25, 0.3) is 0 Å². The molecule has 1 heterocycles. The second-order valence-electron chi connectivity index (χ2n) is 4.80. The minimum Gasteiger partial charge on any atom is -0.508 e. The summed E-state index contributed by atoms with van der Waals surface area (Å²) in [5.74, 6) is -1.89. The summed E-state index contributed by atoms with van der Waals surface area (Å²) in [6, 6.07) is 3.17. The Hall–Kier alpha value is -1.91. The summed E-state index contributed by atoms with van der Waals surface area (Å²) in [7, 11) is 0. The SMILES string of the molecule is O=C(OC1OC(CO)C(O)C(O)C1O)c1cc(O)ccc1O. The summed E-state index contributed by atoms with van der Waals surface area (Å²) in [6.45, 7) is -0.670. The highest BCUT2D eigenvalue weighted by Gasteiger charge is 2.45. The van der Waals surface area contributed by atoms with Crippen molar-refractivity contribution in [3.8, 4) is 11.5 Å². The number of phenols is 2. The van der Waals surface area contributed by atoms with Gasteiger partial charge in [0.15, 0.2) is 0 Å². The van der Waals surface area contributed by atoms with Crippen LogP contribution in [0.4, 0.5) is 0 Å². The molecule has 0 aromatic heterocycles. The fraction of sp³-hybridized carbons (Fsp3) is 0.462. The van der Waals surface area contributed by atoms with E-state index in [0.29, 0.717) is 0 Å². The van der Waals surface area contributed by atoms with Gasteiger partial charge in [-0.15, -0.1) is 0 Å². The number of esters is 1. The monoisotopic (exact) mass is 316 g/mol. The highest BCUT2D eigenvalue weighted by molar-refractivity contribution is 5.92. The highest BCUT2D eigenvalue weighted by atomic mass is 16.7. The van der Waals surface area contributed by atoms with E-state index >= 15 is 0 Å². The molecule has 1 saturated heterocycles. The molecule has 0 spiro atoms. The number of hydrogen-bond acceptors (Lipinski definition) is 9. The lowest BCUT2D eigenvalue weighted by atomic mass is 9.99. The van der Waals surface area contributed by atoms with Gasteiger partial charge in [0, 0.05) is 0 Å². The summed E-state index contributed by atoms with van der Waals surface area (Å²) in [6.07, 6.45) is -7.91. The molecule has 122 valence electrons. The minimum atomic E-state index is -1.75. The third kappa shape index (κ3) is 3.13. The average molecular weight is 316 g/mol. The Bertz CT molecular complexity index is 544. The molecule has 0 bridgehead atoms. The molecule has 0 aliphatic carbocycles. The number of ether oxygens (including phenoxy) is 2.